The molecule has 0 aliphatic carbocycles. The molecular weight excluding hydrogens is 338 g/mol. The third-order valence-electron chi connectivity index (χ3n) is 4.45. The van der Waals surface area contributed by atoms with Gasteiger partial charge in [-0.1, -0.05) is 20.8 Å². The number of hydrogen-bond acceptors (Lipinski definition) is 5. The third-order valence-corrected chi connectivity index (χ3v) is 4.45. The largest absolute Gasteiger partial charge is 0.495 e. The predicted octanol–water partition coefficient (Wildman–Crippen LogP) is 2.83. The first kappa shape index (κ1) is 19.7. The number of anilines is 1. The molecule has 1 aliphatic heterocycles. The molecule has 0 radical (unpaired) electrons. The van der Waals surface area contributed by atoms with Gasteiger partial charge in [-0.15, -0.1) is 0 Å². The maximum Gasteiger partial charge on any atom is 0.271 e. The molecule has 0 atom stereocenters. The number of benzene rings is 1. The Morgan fingerprint density at radius 1 is 1.27 bits per heavy atom. The maximum atomic E-state index is 12.6. The molecule has 1 saturated heterocycles. The van der Waals surface area contributed by atoms with Gasteiger partial charge in [0.25, 0.3) is 5.69 Å². The van der Waals surface area contributed by atoms with E-state index in [1.165, 1.54) is 25.3 Å². The topological polar surface area (TPSA) is 102 Å². The van der Waals surface area contributed by atoms with E-state index in [2.05, 4.69) is 5.32 Å². The lowest BCUT2D eigenvalue weighted by Gasteiger charge is -2.35. The van der Waals surface area contributed by atoms with Crippen LogP contribution in [0.3, 0.4) is 0 Å². The zero-order valence-electron chi connectivity index (χ0n) is 15.6. The average Bonchev–Trinajstić information content (AvgIpc) is 2.60. The van der Waals surface area contributed by atoms with Crippen molar-refractivity contribution < 1.29 is 19.2 Å². The van der Waals surface area contributed by atoms with Crippen LogP contribution in [0.1, 0.15) is 33.6 Å². The van der Waals surface area contributed by atoms with Gasteiger partial charge in [0, 0.05) is 36.6 Å². The van der Waals surface area contributed by atoms with Crippen molar-refractivity contribution in [2.24, 2.45) is 11.3 Å². The van der Waals surface area contributed by atoms with Gasteiger partial charge in [0.05, 0.1) is 17.7 Å². The van der Waals surface area contributed by atoms with E-state index in [1.54, 1.807) is 4.90 Å². The Kier molecular flexibility index (Phi) is 5.84. The molecule has 2 rings (SSSR count). The van der Waals surface area contributed by atoms with E-state index in [0.29, 0.717) is 31.7 Å². The normalized spacial score (nSPS) is 15.5. The molecule has 0 saturated carbocycles. The SMILES string of the molecule is COc1ccc([N+](=O)[O-])cc1NC(=O)C1CCN(C(=O)C(C)(C)C)CC1. The molecule has 0 unspecified atom stereocenters. The van der Waals surface area contributed by atoms with E-state index in [1.807, 2.05) is 20.8 Å². The van der Waals surface area contributed by atoms with Gasteiger partial charge >= 0.3 is 0 Å². The van der Waals surface area contributed by atoms with Gasteiger partial charge in [0.2, 0.25) is 11.8 Å². The highest BCUT2D eigenvalue weighted by molar-refractivity contribution is 5.94. The van der Waals surface area contributed by atoms with Crippen LogP contribution < -0.4 is 10.1 Å². The van der Waals surface area contributed by atoms with E-state index >= 15 is 0 Å². The lowest BCUT2D eigenvalue weighted by Crippen LogP contribution is -2.45. The van der Waals surface area contributed by atoms with Gasteiger partial charge in [-0.2, -0.15) is 0 Å². The van der Waals surface area contributed by atoms with Gasteiger partial charge in [-0.25, -0.2) is 0 Å². The van der Waals surface area contributed by atoms with Gasteiger partial charge in [0.1, 0.15) is 5.75 Å². The summed E-state index contributed by atoms with van der Waals surface area (Å²) in [6.45, 7) is 6.69. The first-order valence-electron chi connectivity index (χ1n) is 8.56. The molecule has 8 nitrogen and oxygen atoms in total. The van der Waals surface area contributed by atoms with Gasteiger partial charge in [-0.05, 0) is 18.9 Å². The van der Waals surface area contributed by atoms with Crippen LogP contribution in [0.25, 0.3) is 0 Å². The van der Waals surface area contributed by atoms with Crippen molar-refractivity contribution in [3.05, 3.63) is 28.3 Å². The number of nitrogens with one attached hydrogen (secondary N) is 1. The predicted molar refractivity (Wildman–Crippen MR) is 97.0 cm³/mol. The zero-order chi connectivity index (χ0) is 19.5. The Balaban J connectivity index is 2.03. The maximum absolute atomic E-state index is 12.6. The minimum Gasteiger partial charge on any atom is -0.495 e. The van der Waals surface area contributed by atoms with E-state index in [0.717, 1.165) is 0 Å². The summed E-state index contributed by atoms with van der Waals surface area (Å²) >= 11 is 0. The first-order valence-corrected chi connectivity index (χ1v) is 8.56. The molecule has 0 bridgehead atoms. The van der Waals surface area contributed by atoms with Crippen LogP contribution >= 0.6 is 0 Å². The molecule has 1 N–H and O–H groups in total. The summed E-state index contributed by atoms with van der Waals surface area (Å²) in [5.74, 6) is -0.0179. The number of nitro groups is 1. The minimum atomic E-state index is -0.522. The van der Waals surface area contributed by atoms with Crippen LogP contribution in [-0.2, 0) is 9.59 Å². The second-order valence-electron chi connectivity index (χ2n) is 7.45. The molecule has 26 heavy (non-hydrogen) atoms. The van der Waals surface area contributed by atoms with Gasteiger partial charge in [0.15, 0.2) is 0 Å². The fraction of sp³-hybridized carbons (Fsp3) is 0.556. The van der Waals surface area contributed by atoms with Crippen LogP contribution in [0.15, 0.2) is 18.2 Å². The molecule has 1 heterocycles. The number of ether oxygens (including phenoxy) is 1. The van der Waals surface area contributed by atoms with Crippen LogP contribution in [0, 0.1) is 21.4 Å². The number of rotatable bonds is 4. The second-order valence-corrected chi connectivity index (χ2v) is 7.45. The third kappa shape index (κ3) is 4.50. The first-order chi connectivity index (χ1) is 12.1. The van der Waals surface area contributed by atoms with Crippen LogP contribution in [0.5, 0.6) is 5.75 Å². The van der Waals surface area contributed by atoms with Crippen molar-refractivity contribution >= 4 is 23.2 Å². The zero-order valence-corrected chi connectivity index (χ0v) is 15.6. The van der Waals surface area contributed by atoms with Crippen LogP contribution in [0.2, 0.25) is 0 Å². The highest BCUT2D eigenvalue weighted by Gasteiger charge is 2.32. The lowest BCUT2D eigenvalue weighted by atomic mass is 9.90. The monoisotopic (exact) mass is 363 g/mol. The number of carbonyl (C=O) groups is 2. The number of likely N-dealkylation sites (tertiary alicyclic amines) is 1. The van der Waals surface area contributed by atoms with Crippen molar-refractivity contribution in [3.63, 3.8) is 0 Å². The minimum absolute atomic E-state index is 0.0803. The molecule has 2 amide bonds. The summed E-state index contributed by atoms with van der Waals surface area (Å²) in [5, 5.41) is 13.7. The number of carbonyl (C=O) groups excluding carboxylic acids is 2. The quantitative estimate of drug-likeness (QED) is 0.655. The summed E-state index contributed by atoms with van der Waals surface area (Å²) in [5.41, 5.74) is -0.280. The fourth-order valence-corrected chi connectivity index (χ4v) is 2.96. The number of nitrogens with zero attached hydrogens (tertiary/aromatic N) is 2. The molecule has 1 aromatic rings. The molecule has 0 spiro atoms. The van der Waals surface area contributed by atoms with E-state index in [4.69, 9.17) is 4.74 Å². The Bertz CT molecular complexity index is 703. The van der Waals surface area contributed by atoms with E-state index in [9.17, 15) is 19.7 Å². The number of piperidine rings is 1. The van der Waals surface area contributed by atoms with E-state index in [-0.39, 0.29) is 29.1 Å². The standard InChI is InChI=1S/C18H25N3O5/c1-18(2,3)17(23)20-9-7-12(8-10-20)16(22)19-14-11-13(21(24)25)5-6-15(14)26-4/h5-6,11-12H,7-10H2,1-4H3,(H,19,22). The molecule has 1 aliphatic rings. The summed E-state index contributed by atoms with van der Waals surface area (Å²) in [6, 6.07) is 4.07. The number of amides is 2. The van der Waals surface area contributed by atoms with Crippen LogP contribution in [-0.4, -0.2) is 41.8 Å². The number of hydrogen-bond donors (Lipinski definition) is 1. The van der Waals surface area contributed by atoms with Gasteiger partial charge in [-0.3, -0.25) is 19.7 Å². The van der Waals surface area contributed by atoms with Gasteiger partial charge < -0.3 is 15.0 Å². The number of non-ortho nitro benzene ring substituents is 1. The molecule has 8 heteroatoms. The summed E-state index contributed by atoms with van der Waals surface area (Å²) in [7, 11) is 1.44. The number of methoxy groups -OCH3 is 1. The van der Waals surface area contributed by atoms with Crippen molar-refractivity contribution in [2.45, 2.75) is 33.6 Å². The number of nitro benzene ring substituents is 1. The fourth-order valence-electron chi connectivity index (χ4n) is 2.96. The Morgan fingerprint density at radius 3 is 2.38 bits per heavy atom. The summed E-state index contributed by atoms with van der Waals surface area (Å²) in [6.07, 6.45) is 1.12. The molecule has 0 aromatic heterocycles. The Hall–Kier alpha value is -2.64. The Morgan fingerprint density at radius 2 is 1.88 bits per heavy atom. The van der Waals surface area contributed by atoms with Crippen molar-refractivity contribution in [1.29, 1.82) is 0 Å². The Labute approximate surface area is 152 Å². The molecule has 142 valence electrons. The lowest BCUT2D eigenvalue weighted by molar-refractivity contribution is -0.384. The second kappa shape index (κ2) is 7.72. The summed E-state index contributed by atoms with van der Waals surface area (Å²) < 4.78 is 5.16. The smallest absolute Gasteiger partial charge is 0.271 e. The van der Waals surface area contributed by atoms with Crippen LogP contribution in [0.4, 0.5) is 11.4 Å². The average molecular weight is 363 g/mol. The molecule has 1 aromatic carbocycles. The molecular formula is C18H25N3O5. The van der Waals surface area contributed by atoms with E-state index < -0.39 is 10.3 Å². The molecule has 1 fully saturated rings. The highest BCUT2D eigenvalue weighted by Crippen LogP contribution is 2.30. The van der Waals surface area contributed by atoms with Crippen molar-refractivity contribution in [2.75, 3.05) is 25.5 Å². The van der Waals surface area contributed by atoms with Crippen molar-refractivity contribution in [1.82, 2.24) is 4.90 Å². The highest BCUT2D eigenvalue weighted by atomic mass is 16.6. The van der Waals surface area contributed by atoms with Crippen molar-refractivity contribution in [3.8, 4) is 5.75 Å². The summed E-state index contributed by atoms with van der Waals surface area (Å²) in [4.78, 5) is 37.1.